The minimum absolute atomic E-state index is 0.0204. The van der Waals surface area contributed by atoms with Gasteiger partial charge >= 0.3 is 0 Å². The van der Waals surface area contributed by atoms with E-state index in [0.717, 1.165) is 17.6 Å². The van der Waals surface area contributed by atoms with E-state index >= 15 is 0 Å². The van der Waals surface area contributed by atoms with Crippen LogP contribution in [0.15, 0.2) is 16.7 Å². The summed E-state index contributed by atoms with van der Waals surface area (Å²) in [6.45, 7) is 5.91. The number of nitrogens with zero attached hydrogens (tertiary/aromatic N) is 2. The van der Waals surface area contributed by atoms with E-state index in [1.165, 1.54) is 0 Å². The molecule has 0 spiro atoms. The Kier molecular flexibility index (Phi) is 3.87. The van der Waals surface area contributed by atoms with Crippen LogP contribution in [0.2, 0.25) is 0 Å². The van der Waals surface area contributed by atoms with Gasteiger partial charge in [0.05, 0.1) is 5.56 Å². The lowest BCUT2D eigenvalue weighted by Crippen LogP contribution is -2.30. The summed E-state index contributed by atoms with van der Waals surface area (Å²) in [5.74, 6) is 6.85. The molecule has 3 N–H and O–H groups in total. The molecule has 98 valence electrons. The number of carbonyl (C=O) groups excluding carboxylic acids is 1. The van der Waals surface area contributed by atoms with Crippen LogP contribution in [0.3, 0.4) is 0 Å². The molecule has 2 atom stereocenters. The molecular weight excluding hydrogens is 296 g/mol. The molecule has 1 aliphatic heterocycles. The number of hydrazine groups is 1. The van der Waals surface area contributed by atoms with E-state index in [4.69, 9.17) is 5.84 Å². The summed E-state index contributed by atoms with van der Waals surface area (Å²) in [4.78, 5) is 18.4. The fourth-order valence-electron chi connectivity index (χ4n) is 2.18. The Bertz CT molecular complexity index is 455. The Morgan fingerprint density at radius 2 is 2.11 bits per heavy atom. The summed E-state index contributed by atoms with van der Waals surface area (Å²) in [6, 6.07) is 1.75. The molecular formula is C12H17BrN4O. The number of hydrogen-bond donors (Lipinski definition) is 2. The van der Waals surface area contributed by atoms with Gasteiger partial charge in [-0.3, -0.25) is 4.79 Å². The second kappa shape index (κ2) is 5.24. The van der Waals surface area contributed by atoms with Crippen LogP contribution in [0.4, 0.5) is 5.82 Å². The number of amides is 1. The average molecular weight is 313 g/mol. The van der Waals surface area contributed by atoms with E-state index in [0.29, 0.717) is 23.2 Å². The highest BCUT2D eigenvalue weighted by atomic mass is 79.9. The number of likely N-dealkylation sites (tertiary alicyclic amines) is 1. The number of nitrogens with one attached hydrogen (secondary N) is 1. The maximum Gasteiger partial charge on any atom is 0.257 e. The molecule has 0 aliphatic carbocycles. The maximum atomic E-state index is 12.4. The second-order valence-electron chi connectivity index (χ2n) is 4.86. The van der Waals surface area contributed by atoms with Gasteiger partial charge in [-0.15, -0.1) is 0 Å². The molecule has 1 aliphatic rings. The van der Waals surface area contributed by atoms with Crippen LogP contribution in [0, 0.1) is 11.8 Å². The minimum Gasteiger partial charge on any atom is -0.338 e. The van der Waals surface area contributed by atoms with Crippen molar-refractivity contribution in [2.24, 2.45) is 17.7 Å². The van der Waals surface area contributed by atoms with E-state index in [1.807, 2.05) is 4.90 Å². The van der Waals surface area contributed by atoms with Crippen LogP contribution in [0.25, 0.3) is 0 Å². The number of carbonyl (C=O) groups is 1. The topological polar surface area (TPSA) is 71.2 Å². The van der Waals surface area contributed by atoms with Gasteiger partial charge in [0, 0.05) is 23.8 Å². The van der Waals surface area contributed by atoms with Gasteiger partial charge in [-0.25, -0.2) is 10.8 Å². The normalized spacial score (nSPS) is 23.2. The molecule has 2 unspecified atom stereocenters. The lowest BCUT2D eigenvalue weighted by Gasteiger charge is -2.17. The van der Waals surface area contributed by atoms with Crippen molar-refractivity contribution in [2.75, 3.05) is 18.5 Å². The molecule has 1 fully saturated rings. The molecule has 0 bridgehead atoms. The number of hydrogen-bond acceptors (Lipinski definition) is 4. The van der Waals surface area contributed by atoms with Crippen LogP contribution in [0.5, 0.6) is 0 Å². The number of nitrogen functional groups attached to an aromatic ring is 1. The molecule has 0 radical (unpaired) electrons. The summed E-state index contributed by atoms with van der Waals surface area (Å²) in [7, 11) is 0. The van der Waals surface area contributed by atoms with Gasteiger partial charge in [-0.1, -0.05) is 13.8 Å². The van der Waals surface area contributed by atoms with E-state index in [-0.39, 0.29) is 5.91 Å². The highest BCUT2D eigenvalue weighted by Crippen LogP contribution is 2.26. The summed E-state index contributed by atoms with van der Waals surface area (Å²) in [5.41, 5.74) is 2.98. The van der Waals surface area contributed by atoms with Crippen molar-refractivity contribution < 1.29 is 4.79 Å². The Morgan fingerprint density at radius 1 is 1.50 bits per heavy atom. The number of pyridine rings is 1. The number of nitrogens with two attached hydrogens (primary N) is 1. The molecule has 18 heavy (non-hydrogen) atoms. The number of rotatable bonds is 2. The zero-order valence-electron chi connectivity index (χ0n) is 10.5. The molecule has 1 aromatic rings. The Hall–Kier alpha value is -1.14. The maximum absolute atomic E-state index is 12.4. The van der Waals surface area contributed by atoms with Crippen LogP contribution in [0.1, 0.15) is 24.2 Å². The van der Waals surface area contributed by atoms with Gasteiger partial charge in [-0.2, -0.15) is 0 Å². The van der Waals surface area contributed by atoms with E-state index in [1.54, 1.807) is 12.3 Å². The Morgan fingerprint density at radius 3 is 2.67 bits per heavy atom. The van der Waals surface area contributed by atoms with Crippen molar-refractivity contribution in [3.8, 4) is 0 Å². The molecule has 6 heteroatoms. The largest absolute Gasteiger partial charge is 0.338 e. The molecule has 0 aromatic carbocycles. The lowest BCUT2D eigenvalue weighted by molar-refractivity contribution is 0.0785. The predicted octanol–water partition coefficient (Wildman–Crippen LogP) is 1.86. The number of halogens is 1. The van der Waals surface area contributed by atoms with Gasteiger partial charge in [-0.05, 0) is 33.8 Å². The van der Waals surface area contributed by atoms with Gasteiger partial charge in [0.2, 0.25) is 0 Å². The fraction of sp³-hybridized carbons (Fsp3) is 0.500. The molecule has 5 nitrogen and oxygen atoms in total. The predicted molar refractivity (Wildman–Crippen MR) is 74.0 cm³/mol. The number of anilines is 1. The standard InChI is InChI=1S/C12H17BrN4O/c1-7-5-17(6-8(7)2)12(18)10-3-9(13)4-15-11(10)16-14/h3-4,7-8H,5-6,14H2,1-2H3,(H,15,16). The first-order chi connectivity index (χ1) is 8.52. The molecule has 1 saturated heterocycles. The first-order valence-electron chi connectivity index (χ1n) is 5.94. The SMILES string of the molecule is CC1CN(C(=O)c2cc(Br)cnc2NN)CC1C. The third-order valence-corrected chi connectivity index (χ3v) is 3.93. The van der Waals surface area contributed by atoms with Gasteiger partial charge < -0.3 is 10.3 Å². The highest BCUT2D eigenvalue weighted by molar-refractivity contribution is 9.10. The smallest absolute Gasteiger partial charge is 0.257 e. The molecule has 1 amide bonds. The third kappa shape index (κ3) is 2.49. The van der Waals surface area contributed by atoms with Crippen LogP contribution in [-0.2, 0) is 0 Å². The van der Waals surface area contributed by atoms with Crippen molar-refractivity contribution in [3.05, 3.63) is 22.3 Å². The monoisotopic (exact) mass is 312 g/mol. The van der Waals surface area contributed by atoms with Crippen molar-refractivity contribution >= 4 is 27.7 Å². The second-order valence-corrected chi connectivity index (χ2v) is 5.77. The van der Waals surface area contributed by atoms with E-state index in [9.17, 15) is 4.79 Å². The first-order valence-corrected chi connectivity index (χ1v) is 6.73. The van der Waals surface area contributed by atoms with Gasteiger partial charge in [0.15, 0.2) is 5.82 Å². The minimum atomic E-state index is -0.0204. The van der Waals surface area contributed by atoms with Crippen LogP contribution >= 0.6 is 15.9 Å². The lowest BCUT2D eigenvalue weighted by atomic mass is 10.0. The fourth-order valence-corrected chi connectivity index (χ4v) is 2.51. The van der Waals surface area contributed by atoms with Crippen molar-refractivity contribution in [3.63, 3.8) is 0 Å². The van der Waals surface area contributed by atoms with Crippen molar-refractivity contribution in [2.45, 2.75) is 13.8 Å². The van der Waals surface area contributed by atoms with E-state index in [2.05, 4.69) is 40.2 Å². The van der Waals surface area contributed by atoms with Crippen molar-refractivity contribution in [1.29, 1.82) is 0 Å². The number of aromatic nitrogens is 1. The molecule has 0 saturated carbocycles. The average Bonchev–Trinajstić information content (AvgIpc) is 2.68. The zero-order valence-corrected chi connectivity index (χ0v) is 12.1. The summed E-state index contributed by atoms with van der Waals surface area (Å²) >= 11 is 3.32. The first kappa shape index (κ1) is 13.3. The Balaban J connectivity index is 2.26. The quantitative estimate of drug-likeness (QED) is 0.646. The third-order valence-electron chi connectivity index (χ3n) is 3.50. The molecule has 2 heterocycles. The summed E-state index contributed by atoms with van der Waals surface area (Å²) < 4.78 is 0.769. The van der Waals surface area contributed by atoms with Crippen LogP contribution < -0.4 is 11.3 Å². The highest BCUT2D eigenvalue weighted by Gasteiger charge is 2.31. The van der Waals surface area contributed by atoms with Crippen molar-refractivity contribution in [1.82, 2.24) is 9.88 Å². The van der Waals surface area contributed by atoms with E-state index < -0.39 is 0 Å². The molecule has 2 rings (SSSR count). The Labute approximate surface area is 115 Å². The van der Waals surface area contributed by atoms with Gasteiger partial charge in [0.1, 0.15) is 0 Å². The molecule has 1 aromatic heterocycles. The summed E-state index contributed by atoms with van der Waals surface area (Å²) in [5, 5.41) is 0. The van der Waals surface area contributed by atoms with Gasteiger partial charge in [0.25, 0.3) is 5.91 Å². The zero-order chi connectivity index (χ0) is 13.3. The van der Waals surface area contributed by atoms with Crippen LogP contribution in [-0.4, -0.2) is 28.9 Å². The summed E-state index contributed by atoms with van der Waals surface area (Å²) in [6.07, 6.45) is 1.61.